The number of carbonyl (C=O) groups excluding carboxylic acids is 1. The van der Waals surface area contributed by atoms with E-state index in [0.717, 1.165) is 40.5 Å². The molecule has 0 bridgehead atoms. The van der Waals surface area contributed by atoms with Crippen LogP contribution in [0.25, 0.3) is 0 Å². The van der Waals surface area contributed by atoms with Gasteiger partial charge in [0.2, 0.25) is 6.79 Å². The van der Waals surface area contributed by atoms with Crippen LogP contribution in [0, 0.1) is 0 Å². The Kier molecular flexibility index (Phi) is 7.59. The number of amides is 1. The molecule has 1 aromatic heterocycles. The summed E-state index contributed by atoms with van der Waals surface area (Å²) in [6.45, 7) is 2.19. The second kappa shape index (κ2) is 11.9. The molecule has 0 spiro atoms. The van der Waals surface area contributed by atoms with Crippen molar-refractivity contribution in [3.05, 3.63) is 155 Å². The maximum atomic E-state index is 13.3. The lowest BCUT2D eigenvalue weighted by Gasteiger charge is -2.22. The molecule has 6 nitrogen and oxygen atoms in total. The topological polar surface area (TPSA) is 63.9 Å². The van der Waals surface area contributed by atoms with E-state index in [2.05, 4.69) is 28.4 Å². The van der Waals surface area contributed by atoms with Crippen molar-refractivity contribution in [2.24, 2.45) is 0 Å². The minimum atomic E-state index is -0.288. The molecule has 0 saturated carbocycles. The number of rotatable bonds is 10. The molecule has 6 heteroatoms. The third-order valence-corrected chi connectivity index (χ3v) is 6.90. The summed E-state index contributed by atoms with van der Waals surface area (Å²) in [4.78, 5) is 15.6. The average molecular weight is 531 g/mol. The molecule has 4 aromatic carbocycles. The average Bonchev–Trinajstić information content (AvgIpc) is 3.67. The van der Waals surface area contributed by atoms with Crippen LogP contribution in [0.3, 0.4) is 0 Å². The summed E-state index contributed by atoms with van der Waals surface area (Å²) in [6.07, 6.45) is 0. The first-order chi connectivity index (χ1) is 19.7. The van der Waals surface area contributed by atoms with Crippen molar-refractivity contribution in [2.45, 2.75) is 25.7 Å². The number of hydrogen-bond acceptors (Lipinski definition) is 5. The van der Waals surface area contributed by atoms with Crippen molar-refractivity contribution in [1.82, 2.24) is 10.2 Å². The zero-order valence-electron chi connectivity index (χ0n) is 22.0. The molecule has 1 amide bonds. The van der Waals surface area contributed by atoms with Crippen molar-refractivity contribution in [3.63, 3.8) is 0 Å². The van der Waals surface area contributed by atoms with Crippen molar-refractivity contribution < 1.29 is 18.7 Å². The Labute approximate surface area is 233 Å². The van der Waals surface area contributed by atoms with Gasteiger partial charge in [0.05, 0.1) is 12.6 Å². The van der Waals surface area contributed by atoms with Crippen LogP contribution in [-0.4, -0.2) is 17.6 Å². The lowest BCUT2D eigenvalue weighted by atomic mass is 9.98. The third-order valence-electron chi connectivity index (χ3n) is 6.90. The van der Waals surface area contributed by atoms with E-state index >= 15 is 0 Å². The highest BCUT2D eigenvalue weighted by Gasteiger charge is 2.21. The van der Waals surface area contributed by atoms with Crippen LogP contribution < -0.4 is 14.8 Å². The number of nitrogens with zero attached hydrogens (tertiary/aromatic N) is 1. The van der Waals surface area contributed by atoms with Gasteiger partial charge in [0.25, 0.3) is 5.91 Å². The Morgan fingerprint density at radius 1 is 0.675 bits per heavy atom. The first-order valence-corrected chi connectivity index (χ1v) is 13.4. The Bertz CT molecular complexity index is 1510. The molecule has 0 radical (unpaired) electrons. The van der Waals surface area contributed by atoms with Gasteiger partial charge in [-0.15, -0.1) is 0 Å². The van der Waals surface area contributed by atoms with E-state index in [1.54, 1.807) is 6.07 Å². The molecule has 200 valence electrons. The molecular weight excluding hydrogens is 500 g/mol. The van der Waals surface area contributed by atoms with E-state index in [1.807, 2.05) is 97.1 Å². The summed E-state index contributed by atoms with van der Waals surface area (Å²) in [6, 6.07) is 39.6. The molecular formula is C34H30N2O4. The molecule has 0 fully saturated rings. The molecule has 0 atom stereocenters. The quantitative estimate of drug-likeness (QED) is 0.217. The molecule has 1 aliphatic heterocycles. The zero-order chi connectivity index (χ0) is 27.1. The van der Waals surface area contributed by atoms with E-state index in [-0.39, 0.29) is 24.5 Å². The van der Waals surface area contributed by atoms with E-state index in [0.29, 0.717) is 13.1 Å². The molecule has 0 unspecified atom stereocenters. The van der Waals surface area contributed by atoms with E-state index in [4.69, 9.17) is 13.9 Å². The maximum absolute atomic E-state index is 13.3. The molecule has 1 N–H and O–H groups in total. The van der Waals surface area contributed by atoms with E-state index < -0.39 is 0 Å². The van der Waals surface area contributed by atoms with Crippen molar-refractivity contribution >= 4 is 5.91 Å². The summed E-state index contributed by atoms with van der Waals surface area (Å²) >= 11 is 0. The summed E-state index contributed by atoms with van der Waals surface area (Å²) in [5, 5.41) is 3.16. The fourth-order valence-corrected chi connectivity index (χ4v) is 4.96. The second-order valence-corrected chi connectivity index (χ2v) is 9.81. The number of hydrogen-bond donors (Lipinski definition) is 1. The maximum Gasteiger partial charge on any atom is 0.287 e. The van der Waals surface area contributed by atoms with Gasteiger partial charge in [0.15, 0.2) is 17.3 Å². The first-order valence-electron chi connectivity index (χ1n) is 13.4. The van der Waals surface area contributed by atoms with Crippen molar-refractivity contribution in [3.8, 4) is 11.5 Å². The van der Waals surface area contributed by atoms with Crippen molar-refractivity contribution in [2.75, 3.05) is 6.79 Å². The SMILES string of the molecule is O=C(NC(c1ccccc1)c1ccccc1)c1ccc(CN(Cc2ccccc2)Cc2ccc3c(c2)OCO3)o1. The highest BCUT2D eigenvalue weighted by atomic mass is 16.7. The van der Waals surface area contributed by atoms with E-state index in [9.17, 15) is 4.79 Å². The monoisotopic (exact) mass is 530 g/mol. The predicted molar refractivity (Wildman–Crippen MR) is 153 cm³/mol. The largest absolute Gasteiger partial charge is 0.455 e. The normalized spacial score (nSPS) is 12.2. The fraction of sp³-hybridized carbons (Fsp3) is 0.147. The number of ether oxygens (including phenoxy) is 2. The number of benzene rings is 4. The summed E-state index contributed by atoms with van der Waals surface area (Å²) in [7, 11) is 0. The van der Waals surface area contributed by atoms with Crippen LogP contribution in [0.1, 0.15) is 44.6 Å². The van der Waals surface area contributed by atoms with Gasteiger partial charge in [-0.2, -0.15) is 0 Å². The van der Waals surface area contributed by atoms with Crippen LogP contribution in [0.5, 0.6) is 11.5 Å². The molecule has 0 aliphatic carbocycles. The Morgan fingerprint density at radius 2 is 1.30 bits per heavy atom. The molecule has 6 rings (SSSR count). The van der Waals surface area contributed by atoms with Crippen LogP contribution in [0.2, 0.25) is 0 Å². The first kappa shape index (κ1) is 25.5. The van der Waals surface area contributed by atoms with Crippen LogP contribution in [0.15, 0.2) is 126 Å². The molecule has 40 heavy (non-hydrogen) atoms. The Morgan fingerprint density at radius 3 is 2.00 bits per heavy atom. The smallest absolute Gasteiger partial charge is 0.287 e. The van der Waals surface area contributed by atoms with Gasteiger partial charge in [-0.05, 0) is 46.5 Å². The molecule has 5 aromatic rings. The fourth-order valence-electron chi connectivity index (χ4n) is 4.96. The number of fused-ring (bicyclic) bond motifs is 1. The van der Waals surface area contributed by atoms with Crippen LogP contribution in [0.4, 0.5) is 0 Å². The lowest BCUT2D eigenvalue weighted by Crippen LogP contribution is -2.29. The predicted octanol–water partition coefficient (Wildman–Crippen LogP) is 6.73. The molecule has 1 aliphatic rings. The minimum Gasteiger partial charge on any atom is -0.455 e. The molecule has 0 saturated heterocycles. The van der Waals surface area contributed by atoms with Gasteiger partial charge >= 0.3 is 0 Å². The Balaban J connectivity index is 1.19. The third kappa shape index (κ3) is 6.08. The zero-order valence-corrected chi connectivity index (χ0v) is 22.0. The van der Waals surface area contributed by atoms with Crippen LogP contribution in [-0.2, 0) is 19.6 Å². The summed E-state index contributed by atoms with van der Waals surface area (Å²) in [5.74, 6) is 2.28. The Hall–Kier alpha value is -4.81. The van der Waals surface area contributed by atoms with Crippen molar-refractivity contribution in [1.29, 1.82) is 0 Å². The standard InChI is InChI=1S/C34H30N2O4/c37-34(35-33(27-12-6-2-7-13-27)28-14-8-3-9-15-28)31-19-17-29(40-31)23-36(21-25-10-4-1-5-11-25)22-26-16-18-30-32(20-26)39-24-38-30/h1-20,33H,21-24H2,(H,35,37). The lowest BCUT2D eigenvalue weighted by molar-refractivity contribution is 0.0910. The van der Waals surface area contributed by atoms with Gasteiger partial charge in [-0.1, -0.05) is 97.1 Å². The summed E-state index contributed by atoms with van der Waals surface area (Å²) in [5.41, 5.74) is 4.32. The second-order valence-electron chi connectivity index (χ2n) is 9.81. The number of nitrogens with one attached hydrogen (secondary N) is 1. The van der Waals surface area contributed by atoms with Crippen LogP contribution >= 0.6 is 0 Å². The van der Waals surface area contributed by atoms with Gasteiger partial charge in [-0.25, -0.2) is 0 Å². The highest BCUT2D eigenvalue weighted by Crippen LogP contribution is 2.33. The molecule has 2 heterocycles. The highest BCUT2D eigenvalue weighted by molar-refractivity contribution is 5.92. The van der Waals surface area contributed by atoms with Gasteiger partial charge in [0.1, 0.15) is 5.76 Å². The minimum absolute atomic E-state index is 0.249. The van der Waals surface area contributed by atoms with E-state index in [1.165, 1.54) is 5.56 Å². The number of carbonyl (C=O) groups is 1. The summed E-state index contributed by atoms with van der Waals surface area (Å²) < 4.78 is 17.1. The van der Waals surface area contributed by atoms with Gasteiger partial charge < -0.3 is 19.2 Å². The van der Waals surface area contributed by atoms with Gasteiger partial charge in [-0.3, -0.25) is 9.69 Å². The van der Waals surface area contributed by atoms with Gasteiger partial charge in [0, 0.05) is 13.1 Å². The number of furan rings is 1.